The monoisotopic (exact) mass is 423 g/mol. The van der Waals surface area contributed by atoms with Crippen molar-refractivity contribution in [1.82, 2.24) is 14.8 Å². The summed E-state index contributed by atoms with van der Waals surface area (Å²) in [5, 5.41) is 11.8. The molecule has 0 aliphatic heterocycles. The van der Waals surface area contributed by atoms with E-state index in [4.69, 9.17) is 10.5 Å². The molecule has 2 aromatic carbocycles. The lowest BCUT2D eigenvalue weighted by Gasteiger charge is -2.10. The van der Waals surface area contributed by atoms with Gasteiger partial charge in [0.05, 0.1) is 24.1 Å². The van der Waals surface area contributed by atoms with Gasteiger partial charge >= 0.3 is 0 Å². The van der Waals surface area contributed by atoms with Crippen molar-refractivity contribution in [3.05, 3.63) is 66.7 Å². The zero-order chi connectivity index (χ0) is 21.5. The van der Waals surface area contributed by atoms with Crippen molar-refractivity contribution in [1.29, 1.82) is 0 Å². The number of allylic oxidation sites excluding steroid dienone is 1. The number of carbonyl (C=O) groups is 2. The number of rotatable bonds is 9. The second-order valence-corrected chi connectivity index (χ2v) is 7.13. The number of hydrogen-bond acceptors (Lipinski definition) is 6. The van der Waals surface area contributed by atoms with Crippen LogP contribution >= 0.6 is 11.8 Å². The summed E-state index contributed by atoms with van der Waals surface area (Å²) in [6, 6.07) is 14.1. The molecule has 0 radical (unpaired) electrons. The van der Waals surface area contributed by atoms with E-state index in [0.717, 1.165) is 5.56 Å². The van der Waals surface area contributed by atoms with E-state index in [1.165, 1.54) is 11.8 Å². The van der Waals surface area contributed by atoms with Crippen LogP contribution in [0.15, 0.2) is 66.3 Å². The van der Waals surface area contributed by atoms with Gasteiger partial charge in [-0.05, 0) is 24.3 Å². The van der Waals surface area contributed by atoms with Crippen LogP contribution in [0, 0.1) is 0 Å². The number of ether oxygens (including phenoxy) is 1. The van der Waals surface area contributed by atoms with Crippen LogP contribution in [0.5, 0.6) is 5.75 Å². The molecule has 0 aliphatic carbocycles. The van der Waals surface area contributed by atoms with E-state index in [0.29, 0.717) is 29.0 Å². The Labute approximate surface area is 178 Å². The van der Waals surface area contributed by atoms with E-state index in [-0.39, 0.29) is 17.2 Å². The van der Waals surface area contributed by atoms with E-state index >= 15 is 0 Å². The van der Waals surface area contributed by atoms with Gasteiger partial charge in [0.2, 0.25) is 5.91 Å². The summed E-state index contributed by atoms with van der Waals surface area (Å²) in [4.78, 5) is 23.9. The molecule has 0 fully saturated rings. The quantitative estimate of drug-likeness (QED) is 0.404. The number of anilines is 1. The standard InChI is InChI=1S/C21H21N5O3S/c1-3-11-26-20(14-7-6-8-15(12-14)29-2)24-25-21(26)30-13-18(27)23-17-10-5-4-9-16(17)19(22)28/h3-10,12H,1,11,13H2,2H3,(H2,22,28)(H,23,27). The first kappa shape index (κ1) is 21.1. The number of benzene rings is 2. The highest BCUT2D eigenvalue weighted by Crippen LogP contribution is 2.27. The fourth-order valence-corrected chi connectivity index (χ4v) is 3.54. The molecule has 0 bridgehead atoms. The molecule has 30 heavy (non-hydrogen) atoms. The second-order valence-electron chi connectivity index (χ2n) is 6.18. The Morgan fingerprint density at radius 2 is 2.03 bits per heavy atom. The van der Waals surface area contributed by atoms with E-state index in [1.807, 2.05) is 28.8 Å². The molecule has 3 rings (SSSR count). The van der Waals surface area contributed by atoms with Crippen molar-refractivity contribution in [2.75, 3.05) is 18.2 Å². The number of carbonyl (C=O) groups excluding carboxylic acids is 2. The van der Waals surface area contributed by atoms with Crippen LogP contribution in [0.2, 0.25) is 0 Å². The Balaban J connectivity index is 1.75. The molecule has 154 valence electrons. The first-order valence-corrected chi connectivity index (χ1v) is 10.0. The SMILES string of the molecule is C=CCn1c(SCC(=O)Nc2ccccc2C(N)=O)nnc1-c1cccc(OC)c1. The highest BCUT2D eigenvalue weighted by atomic mass is 32.2. The Morgan fingerprint density at radius 1 is 1.23 bits per heavy atom. The van der Waals surface area contributed by atoms with Gasteiger partial charge in [0.25, 0.3) is 5.91 Å². The first-order chi connectivity index (χ1) is 14.5. The van der Waals surface area contributed by atoms with Crippen LogP contribution in [0.1, 0.15) is 10.4 Å². The van der Waals surface area contributed by atoms with E-state index in [1.54, 1.807) is 37.5 Å². The summed E-state index contributed by atoms with van der Waals surface area (Å²) in [5.74, 6) is 0.552. The number of nitrogens with one attached hydrogen (secondary N) is 1. The Kier molecular flexibility index (Phi) is 6.87. The van der Waals surface area contributed by atoms with Gasteiger partial charge in [0.15, 0.2) is 11.0 Å². The summed E-state index contributed by atoms with van der Waals surface area (Å²) in [5.41, 5.74) is 6.83. The van der Waals surface area contributed by atoms with Crippen molar-refractivity contribution in [2.45, 2.75) is 11.7 Å². The molecule has 2 amide bonds. The number of nitrogens with two attached hydrogens (primary N) is 1. The fourth-order valence-electron chi connectivity index (χ4n) is 2.79. The maximum Gasteiger partial charge on any atom is 0.250 e. The van der Waals surface area contributed by atoms with Gasteiger partial charge in [-0.1, -0.05) is 42.1 Å². The number of nitrogens with zero attached hydrogens (tertiary/aromatic N) is 3. The third kappa shape index (κ3) is 4.87. The average molecular weight is 423 g/mol. The van der Waals surface area contributed by atoms with Gasteiger partial charge in [-0.3, -0.25) is 14.2 Å². The van der Waals surface area contributed by atoms with Crippen LogP contribution in [0.25, 0.3) is 11.4 Å². The zero-order valence-corrected chi connectivity index (χ0v) is 17.2. The predicted octanol–water partition coefficient (Wildman–Crippen LogP) is 2.97. The molecular formula is C21H21N5O3S. The van der Waals surface area contributed by atoms with Crippen LogP contribution < -0.4 is 15.8 Å². The third-order valence-corrected chi connectivity index (χ3v) is 5.12. The average Bonchev–Trinajstić information content (AvgIpc) is 3.15. The summed E-state index contributed by atoms with van der Waals surface area (Å²) in [6.45, 7) is 4.27. The molecule has 0 saturated carbocycles. The molecule has 9 heteroatoms. The van der Waals surface area contributed by atoms with Crippen LogP contribution in [0.4, 0.5) is 5.69 Å². The third-order valence-electron chi connectivity index (χ3n) is 4.16. The number of amides is 2. The molecule has 0 aliphatic rings. The molecule has 0 saturated heterocycles. The lowest BCUT2D eigenvalue weighted by molar-refractivity contribution is -0.113. The highest BCUT2D eigenvalue weighted by Gasteiger charge is 2.16. The Morgan fingerprint density at radius 3 is 2.77 bits per heavy atom. The highest BCUT2D eigenvalue weighted by molar-refractivity contribution is 7.99. The number of methoxy groups -OCH3 is 1. The maximum absolute atomic E-state index is 12.4. The number of aromatic nitrogens is 3. The number of thioether (sulfide) groups is 1. The number of para-hydroxylation sites is 1. The first-order valence-electron chi connectivity index (χ1n) is 9.03. The van der Waals surface area contributed by atoms with Gasteiger partial charge in [-0.15, -0.1) is 16.8 Å². The van der Waals surface area contributed by atoms with Crippen molar-refractivity contribution in [3.8, 4) is 17.1 Å². The molecule has 1 heterocycles. The zero-order valence-electron chi connectivity index (χ0n) is 16.4. The van der Waals surface area contributed by atoms with Crippen molar-refractivity contribution in [3.63, 3.8) is 0 Å². The fraction of sp³-hybridized carbons (Fsp3) is 0.143. The van der Waals surface area contributed by atoms with Crippen LogP contribution in [-0.4, -0.2) is 39.4 Å². The topological polar surface area (TPSA) is 112 Å². The van der Waals surface area contributed by atoms with E-state index in [2.05, 4.69) is 22.1 Å². The summed E-state index contributed by atoms with van der Waals surface area (Å²) < 4.78 is 7.15. The van der Waals surface area contributed by atoms with Gasteiger partial charge < -0.3 is 15.8 Å². The minimum absolute atomic E-state index is 0.0838. The molecule has 3 N–H and O–H groups in total. The van der Waals surface area contributed by atoms with Crippen molar-refractivity contribution in [2.24, 2.45) is 5.73 Å². The second kappa shape index (κ2) is 9.75. The Bertz CT molecular complexity index is 1080. The lowest BCUT2D eigenvalue weighted by atomic mass is 10.1. The molecule has 8 nitrogen and oxygen atoms in total. The lowest BCUT2D eigenvalue weighted by Crippen LogP contribution is -2.19. The Hall–Kier alpha value is -3.59. The van der Waals surface area contributed by atoms with Gasteiger partial charge in [0, 0.05) is 12.1 Å². The molecule has 0 atom stereocenters. The van der Waals surface area contributed by atoms with Gasteiger partial charge in [0.1, 0.15) is 5.75 Å². The van der Waals surface area contributed by atoms with E-state index < -0.39 is 5.91 Å². The summed E-state index contributed by atoms with van der Waals surface area (Å²) >= 11 is 1.24. The maximum atomic E-state index is 12.4. The summed E-state index contributed by atoms with van der Waals surface area (Å²) in [6.07, 6.45) is 1.74. The van der Waals surface area contributed by atoms with Gasteiger partial charge in [-0.2, -0.15) is 0 Å². The molecular weight excluding hydrogens is 402 g/mol. The van der Waals surface area contributed by atoms with Crippen LogP contribution in [0.3, 0.4) is 0 Å². The molecule has 0 unspecified atom stereocenters. The van der Waals surface area contributed by atoms with Gasteiger partial charge in [-0.25, -0.2) is 0 Å². The van der Waals surface area contributed by atoms with Crippen LogP contribution in [-0.2, 0) is 11.3 Å². The van der Waals surface area contributed by atoms with Crippen molar-refractivity contribution >= 4 is 29.3 Å². The predicted molar refractivity (Wildman–Crippen MR) is 117 cm³/mol. The van der Waals surface area contributed by atoms with Crippen molar-refractivity contribution < 1.29 is 14.3 Å². The largest absolute Gasteiger partial charge is 0.497 e. The number of hydrogen-bond donors (Lipinski definition) is 2. The smallest absolute Gasteiger partial charge is 0.250 e. The summed E-state index contributed by atoms with van der Waals surface area (Å²) in [7, 11) is 1.60. The number of primary amides is 1. The normalized spacial score (nSPS) is 10.4. The minimum atomic E-state index is -0.604. The molecule has 1 aromatic heterocycles. The molecule has 0 spiro atoms. The molecule has 3 aromatic rings. The minimum Gasteiger partial charge on any atom is -0.497 e. The van der Waals surface area contributed by atoms with E-state index in [9.17, 15) is 9.59 Å².